The van der Waals surface area contributed by atoms with Crippen molar-refractivity contribution < 1.29 is 9.21 Å². The van der Waals surface area contributed by atoms with E-state index in [1.807, 2.05) is 30.3 Å². The third-order valence-electron chi connectivity index (χ3n) is 3.53. The van der Waals surface area contributed by atoms with Gasteiger partial charge in [-0.25, -0.2) is 4.98 Å². The number of fused-ring (bicyclic) bond motifs is 1. The highest BCUT2D eigenvalue weighted by Crippen LogP contribution is 2.30. The summed E-state index contributed by atoms with van der Waals surface area (Å²) in [6.07, 6.45) is 2.41. The Kier molecular flexibility index (Phi) is 4.63. The fourth-order valence-corrected chi connectivity index (χ4v) is 2.53. The number of benzene rings is 2. The first-order chi connectivity index (χ1) is 11.2. The molecule has 5 heteroatoms. The number of nitrogens with zero attached hydrogens (tertiary/aromatic N) is 1. The SMILES string of the molecule is CCCCC(=O)Nc1ccc2oc(-c3ccccc3Cl)nc2c1. The third kappa shape index (κ3) is 3.54. The molecule has 0 unspecified atom stereocenters. The van der Waals surface area contributed by atoms with Crippen molar-refractivity contribution in [2.75, 3.05) is 5.32 Å². The molecule has 0 aliphatic carbocycles. The van der Waals surface area contributed by atoms with Crippen LogP contribution in [0.15, 0.2) is 46.9 Å². The van der Waals surface area contributed by atoms with Gasteiger partial charge in [-0.1, -0.05) is 37.1 Å². The van der Waals surface area contributed by atoms with Crippen molar-refractivity contribution in [2.45, 2.75) is 26.2 Å². The van der Waals surface area contributed by atoms with Crippen molar-refractivity contribution >= 4 is 34.3 Å². The van der Waals surface area contributed by atoms with Crippen molar-refractivity contribution in [3.63, 3.8) is 0 Å². The van der Waals surface area contributed by atoms with Gasteiger partial charge < -0.3 is 9.73 Å². The van der Waals surface area contributed by atoms with Gasteiger partial charge in [0.15, 0.2) is 5.58 Å². The average molecular weight is 329 g/mol. The van der Waals surface area contributed by atoms with Gasteiger partial charge in [0.25, 0.3) is 0 Å². The molecule has 0 radical (unpaired) electrons. The maximum atomic E-state index is 11.8. The minimum absolute atomic E-state index is 0.0148. The Hall–Kier alpha value is -2.33. The second-order valence-corrected chi connectivity index (χ2v) is 5.74. The predicted octanol–water partition coefficient (Wildman–Crippen LogP) is 5.28. The van der Waals surface area contributed by atoms with E-state index in [4.69, 9.17) is 16.0 Å². The lowest BCUT2D eigenvalue weighted by molar-refractivity contribution is -0.116. The predicted molar refractivity (Wildman–Crippen MR) is 92.6 cm³/mol. The quantitative estimate of drug-likeness (QED) is 0.693. The molecule has 0 aliphatic rings. The van der Waals surface area contributed by atoms with E-state index in [1.165, 1.54) is 0 Å². The minimum atomic E-state index is 0.0148. The van der Waals surface area contributed by atoms with Gasteiger partial charge in [-0.3, -0.25) is 4.79 Å². The fourth-order valence-electron chi connectivity index (χ4n) is 2.32. The lowest BCUT2D eigenvalue weighted by Gasteiger charge is -2.03. The first kappa shape index (κ1) is 15.6. The van der Waals surface area contributed by atoms with E-state index >= 15 is 0 Å². The standard InChI is InChI=1S/C18H17ClN2O2/c1-2-3-8-17(22)20-12-9-10-16-15(11-12)21-18(23-16)13-6-4-5-7-14(13)19/h4-7,9-11H,2-3,8H2,1H3,(H,20,22). The lowest BCUT2D eigenvalue weighted by atomic mass is 10.2. The molecule has 0 saturated heterocycles. The Morgan fingerprint density at radius 1 is 1.26 bits per heavy atom. The van der Waals surface area contributed by atoms with Gasteiger partial charge in [0, 0.05) is 12.1 Å². The van der Waals surface area contributed by atoms with E-state index in [1.54, 1.807) is 12.1 Å². The van der Waals surface area contributed by atoms with Crippen LogP contribution in [0.2, 0.25) is 5.02 Å². The number of amides is 1. The van der Waals surface area contributed by atoms with Crippen molar-refractivity contribution in [3.8, 4) is 11.5 Å². The van der Waals surface area contributed by atoms with Gasteiger partial charge in [0.1, 0.15) is 5.52 Å². The Labute approximate surface area is 139 Å². The summed E-state index contributed by atoms with van der Waals surface area (Å²) in [7, 11) is 0. The summed E-state index contributed by atoms with van der Waals surface area (Å²) in [5, 5.41) is 3.47. The summed E-state index contributed by atoms with van der Waals surface area (Å²) in [6, 6.07) is 12.8. The molecular weight excluding hydrogens is 312 g/mol. The van der Waals surface area contributed by atoms with E-state index in [2.05, 4.69) is 17.2 Å². The smallest absolute Gasteiger partial charge is 0.228 e. The molecule has 0 aliphatic heterocycles. The summed E-state index contributed by atoms with van der Waals surface area (Å²) in [4.78, 5) is 16.3. The normalized spacial score (nSPS) is 10.9. The van der Waals surface area contributed by atoms with Gasteiger partial charge in [0.2, 0.25) is 11.8 Å². The van der Waals surface area contributed by atoms with Crippen LogP contribution < -0.4 is 5.32 Å². The van der Waals surface area contributed by atoms with Crippen LogP contribution in [-0.4, -0.2) is 10.9 Å². The molecule has 0 spiro atoms. The van der Waals surface area contributed by atoms with Crippen LogP contribution in [0.5, 0.6) is 0 Å². The molecular formula is C18H17ClN2O2. The zero-order valence-electron chi connectivity index (χ0n) is 12.8. The second-order valence-electron chi connectivity index (χ2n) is 5.33. The third-order valence-corrected chi connectivity index (χ3v) is 3.86. The van der Waals surface area contributed by atoms with Crippen molar-refractivity contribution in [1.82, 2.24) is 4.98 Å². The molecule has 118 valence electrons. The molecule has 1 N–H and O–H groups in total. The molecule has 1 heterocycles. The molecule has 0 fully saturated rings. The van der Waals surface area contributed by atoms with E-state index in [0.717, 1.165) is 24.1 Å². The van der Waals surface area contributed by atoms with Crippen molar-refractivity contribution in [1.29, 1.82) is 0 Å². The van der Waals surface area contributed by atoms with Crippen LogP contribution in [0.1, 0.15) is 26.2 Å². The lowest BCUT2D eigenvalue weighted by Crippen LogP contribution is -2.10. The highest BCUT2D eigenvalue weighted by Gasteiger charge is 2.12. The number of unbranched alkanes of at least 4 members (excludes halogenated alkanes) is 1. The van der Waals surface area contributed by atoms with Crippen LogP contribution in [0.3, 0.4) is 0 Å². The number of hydrogen-bond donors (Lipinski definition) is 1. The monoisotopic (exact) mass is 328 g/mol. The number of carbonyl (C=O) groups excluding carboxylic acids is 1. The van der Waals surface area contributed by atoms with Gasteiger partial charge in [-0.15, -0.1) is 0 Å². The van der Waals surface area contributed by atoms with Gasteiger partial charge >= 0.3 is 0 Å². The molecule has 0 bridgehead atoms. The maximum absolute atomic E-state index is 11.8. The second kappa shape index (κ2) is 6.84. The molecule has 3 aromatic rings. The zero-order valence-corrected chi connectivity index (χ0v) is 13.6. The van der Waals surface area contributed by atoms with Crippen LogP contribution in [0, 0.1) is 0 Å². The fraction of sp³-hybridized carbons (Fsp3) is 0.222. The molecule has 1 aromatic heterocycles. The van der Waals surface area contributed by atoms with Crippen LogP contribution >= 0.6 is 11.6 Å². The Bertz CT molecular complexity index is 842. The molecule has 3 rings (SSSR count). The van der Waals surface area contributed by atoms with E-state index in [9.17, 15) is 4.79 Å². The number of rotatable bonds is 5. The van der Waals surface area contributed by atoms with E-state index < -0.39 is 0 Å². The summed E-state index contributed by atoms with van der Waals surface area (Å²) in [5.74, 6) is 0.487. The molecule has 0 atom stereocenters. The number of oxazole rings is 1. The number of carbonyl (C=O) groups is 1. The van der Waals surface area contributed by atoms with E-state index in [0.29, 0.717) is 28.4 Å². The minimum Gasteiger partial charge on any atom is -0.436 e. The summed E-state index contributed by atoms with van der Waals surface area (Å²) < 4.78 is 5.75. The van der Waals surface area contributed by atoms with E-state index in [-0.39, 0.29) is 5.91 Å². The van der Waals surface area contributed by atoms with Crippen LogP contribution in [-0.2, 0) is 4.79 Å². The number of halogens is 1. The number of aromatic nitrogens is 1. The van der Waals surface area contributed by atoms with Crippen molar-refractivity contribution in [2.24, 2.45) is 0 Å². The zero-order chi connectivity index (χ0) is 16.2. The van der Waals surface area contributed by atoms with Gasteiger partial charge in [0.05, 0.1) is 10.6 Å². The average Bonchev–Trinajstić information content (AvgIpc) is 2.96. The van der Waals surface area contributed by atoms with Crippen LogP contribution in [0.25, 0.3) is 22.6 Å². The summed E-state index contributed by atoms with van der Waals surface area (Å²) in [6.45, 7) is 2.06. The van der Waals surface area contributed by atoms with Gasteiger partial charge in [-0.05, 0) is 36.8 Å². The maximum Gasteiger partial charge on any atom is 0.228 e. The highest BCUT2D eigenvalue weighted by atomic mass is 35.5. The summed E-state index contributed by atoms with van der Waals surface area (Å²) >= 11 is 6.18. The van der Waals surface area contributed by atoms with Crippen molar-refractivity contribution in [3.05, 3.63) is 47.5 Å². The number of nitrogens with one attached hydrogen (secondary N) is 1. The largest absolute Gasteiger partial charge is 0.436 e. The number of hydrogen-bond acceptors (Lipinski definition) is 3. The Morgan fingerprint density at radius 2 is 2.09 bits per heavy atom. The topological polar surface area (TPSA) is 55.1 Å². The molecule has 2 aromatic carbocycles. The first-order valence-corrected chi connectivity index (χ1v) is 8.00. The molecule has 1 amide bonds. The Balaban J connectivity index is 1.86. The molecule has 0 saturated carbocycles. The Morgan fingerprint density at radius 3 is 2.87 bits per heavy atom. The van der Waals surface area contributed by atoms with Crippen LogP contribution in [0.4, 0.5) is 5.69 Å². The number of anilines is 1. The summed E-state index contributed by atoms with van der Waals surface area (Å²) in [5.41, 5.74) is 2.82. The molecule has 4 nitrogen and oxygen atoms in total. The molecule has 23 heavy (non-hydrogen) atoms. The van der Waals surface area contributed by atoms with Gasteiger partial charge in [-0.2, -0.15) is 0 Å². The highest BCUT2D eigenvalue weighted by molar-refractivity contribution is 6.33. The first-order valence-electron chi connectivity index (χ1n) is 7.62.